The van der Waals surface area contributed by atoms with Gasteiger partial charge in [0.25, 0.3) is 0 Å². The average Bonchev–Trinajstić information content (AvgIpc) is 3.57. The van der Waals surface area contributed by atoms with Gasteiger partial charge in [0.2, 0.25) is 0 Å². The van der Waals surface area contributed by atoms with Crippen molar-refractivity contribution in [2.24, 2.45) is 11.8 Å². The Morgan fingerprint density at radius 3 is 1.84 bits per heavy atom. The molecule has 1 N–H and O–H groups in total. The van der Waals surface area contributed by atoms with E-state index in [1.54, 1.807) is 14.9 Å². The third-order valence-electron chi connectivity index (χ3n) is 13.7. The minimum atomic E-state index is -2.50. The largest absolute Gasteiger partial charge is 0.512 e. The van der Waals surface area contributed by atoms with Crippen LogP contribution >= 0.6 is 11.3 Å². The SMILES string of the molecule is CCC(CC)C(=O)/C=C(\O)C(CC)CC.Cc1cc(C)cc([Si](c2cc(C)cc(C)c2)(c2sc3c(-c4[c-]c5ccccc5c(C(C)(C)C)c4)nccc3c2C)C2CCCCC2)c1.[Ir]. The average molecular weight is 1060 g/mol. The summed E-state index contributed by atoms with van der Waals surface area (Å²) in [4.78, 5) is 16.9. The number of hydrogen-bond donors (Lipinski definition) is 1. The first kappa shape index (κ1) is 50.3. The second kappa shape index (κ2) is 21.5. The van der Waals surface area contributed by atoms with Gasteiger partial charge in [0.05, 0.1) is 5.76 Å². The zero-order chi connectivity index (χ0) is 44.9. The minimum absolute atomic E-state index is 0. The van der Waals surface area contributed by atoms with Crippen LogP contribution in [0, 0.1) is 52.5 Å². The van der Waals surface area contributed by atoms with Crippen LogP contribution in [0.1, 0.15) is 140 Å². The molecule has 1 radical (unpaired) electrons. The Bertz CT molecular complexity index is 2460. The van der Waals surface area contributed by atoms with Crippen molar-refractivity contribution in [2.75, 3.05) is 0 Å². The van der Waals surface area contributed by atoms with E-state index in [4.69, 9.17) is 4.98 Å². The number of rotatable bonds is 12. The monoisotopic (exact) mass is 1060 g/mol. The van der Waals surface area contributed by atoms with Crippen LogP contribution in [-0.2, 0) is 30.3 Å². The van der Waals surface area contributed by atoms with Gasteiger partial charge in [0.15, 0.2) is 13.9 Å². The van der Waals surface area contributed by atoms with Gasteiger partial charge in [0.1, 0.15) is 0 Å². The number of fused-ring (bicyclic) bond motifs is 2. The number of aliphatic hydroxyl groups is 1. The molecule has 6 aromatic rings. The van der Waals surface area contributed by atoms with Crippen molar-refractivity contribution in [3.05, 3.63) is 130 Å². The van der Waals surface area contributed by atoms with Crippen molar-refractivity contribution in [1.82, 2.24) is 4.98 Å². The Labute approximate surface area is 398 Å². The van der Waals surface area contributed by atoms with Crippen LogP contribution < -0.4 is 14.9 Å². The van der Waals surface area contributed by atoms with Crippen LogP contribution in [0.4, 0.5) is 0 Å². The summed E-state index contributed by atoms with van der Waals surface area (Å²) in [5.41, 5.74) is 11.1. The standard InChI is InChI=1S/C44H48NSSi.C13H24O2.Ir/c1-28-20-29(2)23-36(22-28)47(35-15-10-9-11-16-35,37-24-30(3)21-31(4)25-37)43-32(5)38-18-19-45-41(42(38)46-43)34-26-33-14-12-13-17-39(33)40(27-34)44(6,7)8;1-5-10(6-2)12(14)9-13(15)11(7-3)8-4;/h12-14,17-25,27,35H,9-11,15-16H2,1-8H3;9-11,14H,5-8H2,1-4H3;/q-1;;/b;12-9-;. The molecule has 2 heterocycles. The summed E-state index contributed by atoms with van der Waals surface area (Å²) in [6.07, 6.45) is 13.6. The molecular weight excluding hydrogens is 983 g/mol. The number of hydrogen-bond acceptors (Lipinski definition) is 4. The van der Waals surface area contributed by atoms with Gasteiger partial charge in [-0.15, -0.1) is 40.5 Å². The number of aromatic nitrogens is 1. The maximum Gasteiger partial charge on any atom is 0.163 e. The number of ketones is 1. The number of thiophene rings is 1. The van der Waals surface area contributed by atoms with Crippen molar-refractivity contribution in [1.29, 1.82) is 0 Å². The predicted octanol–water partition coefficient (Wildman–Crippen LogP) is 14.4. The van der Waals surface area contributed by atoms with Crippen LogP contribution in [0.15, 0.2) is 90.8 Å². The van der Waals surface area contributed by atoms with E-state index >= 15 is 0 Å². The van der Waals surface area contributed by atoms with E-state index in [0.29, 0.717) is 5.54 Å². The Kier molecular flexibility index (Phi) is 17.2. The number of aryl methyl sites for hydroxylation is 5. The smallest absolute Gasteiger partial charge is 0.163 e. The molecule has 1 aliphatic carbocycles. The zero-order valence-electron chi connectivity index (χ0n) is 40.2. The number of carbonyl (C=O) groups excluding carboxylic acids is 1. The van der Waals surface area contributed by atoms with Gasteiger partial charge in [-0.2, -0.15) is 0 Å². The molecule has 0 unspecified atom stereocenters. The fraction of sp³-hybridized carbons (Fsp3) is 0.439. The molecule has 1 fully saturated rings. The first-order valence-corrected chi connectivity index (χ1v) is 26.4. The second-order valence-electron chi connectivity index (χ2n) is 19.4. The molecule has 6 heteroatoms. The molecule has 1 saturated carbocycles. The molecule has 0 spiro atoms. The van der Waals surface area contributed by atoms with Gasteiger partial charge in [-0.05, 0) is 98.6 Å². The van der Waals surface area contributed by atoms with Gasteiger partial charge in [-0.1, -0.05) is 168 Å². The van der Waals surface area contributed by atoms with Crippen LogP contribution in [0.2, 0.25) is 5.54 Å². The van der Waals surface area contributed by atoms with Gasteiger partial charge in [-0.3, -0.25) is 9.78 Å². The van der Waals surface area contributed by atoms with E-state index < -0.39 is 8.07 Å². The zero-order valence-corrected chi connectivity index (χ0v) is 44.4. The third-order valence-corrected chi connectivity index (χ3v) is 21.4. The van der Waals surface area contributed by atoms with E-state index in [-0.39, 0.29) is 48.9 Å². The molecule has 7 rings (SSSR count). The van der Waals surface area contributed by atoms with Crippen molar-refractivity contribution in [2.45, 2.75) is 152 Å². The number of benzene rings is 4. The summed E-state index contributed by atoms with van der Waals surface area (Å²) >= 11 is 2.06. The van der Waals surface area contributed by atoms with E-state index in [9.17, 15) is 9.90 Å². The molecule has 63 heavy (non-hydrogen) atoms. The molecule has 0 bridgehead atoms. The van der Waals surface area contributed by atoms with Crippen molar-refractivity contribution < 1.29 is 30.0 Å². The first-order valence-electron chi connectivity index (χ1n) is 23.5. The minimum Gasteiger partial charge on any atom is -0.512 e. The molecule has 3 nitrogen and oxygen atoms in total. The molecule has 2 aromatic heterocycles. The number of carbonyl (C=O) groups is 1. The molecule has 0 amide bonds. The van der Waals surface area contributed by atoms with Gasteiger partial charge >= 0.3 is 0 Å². The van der Waals surface area contributed by atoms with Gasteiger partial charge in [-0.25, -0.2) is 0 Å². The Hall–Kier alpha value is -3.67. The van der Waals surface area contributed by atoms with E-state index in [0.717, 1.165) is 36.9 Å². The number of allylic oxidation sites excluding steroid dienone is 2. The van der Waals surface area contributed by atoms with Crippen LogP contribution in [0.25, 0.3) is 32.1 Å². The fourth-order valence-electron chi connectivity index (χ4n) is 10.5. The maximum atomic E-state index is 11.7. The quantitative estimate of drug-likeness (QED) is 0.0575. The predicted molar refractivity (Wildman–Crippen MR) is 272 cm³/mol. The summed E-state index contributed by atoms with van der Waals surface area (Å²) in [7, 11) is -2.50. The van der Waals surface area contributed by atoms with Crippen molar-refractivity contribution >= 4 is 60.9 Å². The summed E-state index contributed by atoms with van der Waals surface area (Å²) in [6, 6.07) is 32.2. The summed E-state index contributed by atoms with van der Waals surface area (Å²) in [6.45, 7) is 26.6. The molecule has 4 aromatic carbocycles. The molecule has 0 aliphatic heterocycles. The third kappa shape index (κ3) is 10.7. The molecule has 0 atom stereocenters. The summed E-state index contributed by atoms with van der Waals surface area (Å²) in [5.74, 6) is 0.547. The molecule has 1 aliphatic rings. The van der Waals surface area contributed by atoms with Crippen LogP contribution in [-0.4, -0.2) is 23.9 Å². The number of nitrogens with zero attached hydrogens (tertiary/aromatic N) is 1. The molecule has 337 valence electrons. The van der Waals surface area contributed by atoms with E-state index in [1.165, 1.54) is 92.4 Å². The number of aliphatic hydroxyl groups excluding tert-OH is 1. The van der Waals surface area contributed by atoms with Crippen LogP contribution in [0.3, 0.4) is 0 Å². The van der Waals surface area contributed by atoms with Crippen LogP contribution in [0.5, 0.6) is 0 Å². The van der Waals surface area contributed by atoms with Crippen molar-refractivity contribution in [3.63, 3.8) is 0 Å². The van der Waals surface area contributed by atoms with E-state index in [1.807, 2.05) is 33.9 Å². The summed E-state index contributed by atoms with van der Waals surface area (Å²) < 4.78 is 2.94. The van der Waals surface area contributed by atoms with Gasteiger partial charge in [0, 0.05) is 59.1 Å². The van der Waals surface area contributed by atoms with Gasteiger partial charge < -0.3 is 5.11 Å². The van der Waals surface area contributed by atoms with Crippen molar-refractivity contribution in [3.8, 4) is 11.3 Å². The Morgan fingerprint density at radius 2 is 1.32 bits per heavy atom. The number of pyridine rings is 1. The Balaban J connectivity index is 0.000000402. The molecular formula is C57H72IrNO2SSi-. The first-order chi connectivity index (χ1) is 29.6. The topological polar surface area (TPSA) is 50.2 Å². The molecule has 0 saturated heterocycles. The second-order valence-corrected chi connectivity index (χ2v) is 24.8. The normalized spacial score (nSPS) is 14.0. The van der Waals surface area contributed by atoms with E-state index in [2.05, 4.69) is 146 Å². The maximum absolute atomic E-state index is 11.7. The fourth-order valence-corrected chi connectivity index (χ4v) is 19.7. The summed E-state index contributed by atoms with van der Waals surface area (Å²) in [5, 5.41) is 16.7. The Morgan fingerprint density at radius 1 is 0.778 bits per heavy atom.